The van der Waals surface area contributed by atoms with Crippen LogP contribution in [0.1, 0.15) is 42.9 Å². The van der Waals surface area contributed by atoms with Crippen LogP contribution in [0.4, 0.5) is 5.69 Å². The summed E-state index contributed by atoms with van der Waals surface area (Å²) in [6, 6.07) is 9.32. The molecular weight excluding hydrogens is 418 g/mol. The second-order valence-electron chi connectivity index (χ2n) is 8.24. The number of aromatic nitrogens is 4. The minimum atomic E-state index is -0.561. The van der Waals surface area contributed by atoms with Gasteiger partial charge in [-0.1, -0.05) is 0 Å². The fourth-order valence-corrected chi connectivity index (χ4v) is 3.08. The highest BCUT2D eigenvalue weighted by atomic mass is 16.2. The third-order valence-corrected chi connectivity index (χ3v) is 5.13. The number of carbonyl (C=O) groups is 2. The maximum atomic E-state index is 12.3. The molecule has 0 radical (unpaired) electrons. The Labute approximate surface area is 192 Å². The molecule has 3 aromatic rings. The van der Waals surface area contributed by atoms with Crippen LogP contribution in [0.25, 0.3) is 22.4 Å². The predicted molar refractivity (Wildman–Crippen MR) is 124 cm³/mol. The van der Waals surface area contributed by atoms with Crippen molar-refractivity contribution in [1.29, 1.82) is 5.26 Å². The summed E-state index contributed by atoms with van der Waals surface area (Å²) in [5, 5.41) is 22.9. The number of rotatable bonds is 7. The summed E-state index contributed by atoms with van der Waals surface area (Å²) in [4.78, 5) is 32.7. The van der Waals surface area contributed by atoms with Gasteiger partial charge >= 0.3 is 0 Å². The molecule has 0 saturated carbocycles. The first kappa shape index (κ1) is 23.5. The maximum Gasteiger partial charge on any atom is 0.269 e. The molecule has 2 amide bonds. The van der Waals surface area contributed by atoms with Crippen LogP contribution in [0.3, 0.4) is 0 Å². The van der Waals surface area contributed by atoms with Crippen LogP contribution in [0, 0.1) is 23.7 Å². The zero-order chi connectivity index (χ0) is 24.0. The fraction of sp³-hybridized carbons (Fsp3) is 0.292. The van der Waals surface area contributed by atoms with Gasteiger partial charge in [-0.15, -0.1) is 0 Å². The van der Waals surface area contributed by atoms with Crippen molar-refractivity contribution in [2.45, 2.75) is 33.6 Å². The van der Waals surface area contributed by atoms with Crippen LogP contribution < -0.4 is 10.6 Å². The summed E-state index contributed by atoms with van der Waals surface area (Å²) >= 11 is 0. The van der Waals surface area contributed by atoms with E-state index in [1.165, 1.54) is 0 Å². The third-order valence-electron chi connectivity index (χ3n) is 5.13. The SMILES string of the molecule is CNC(=O)c1cc(-c2cnnc(-c3cc(NC(=O)CCC(C)(C)C#N)cnc3C)c2)ccn1. The Hall–Kier alpha value is -4.19. The van der Waals surface area contributed by atoms with E-state index in [1.807, 2.05) is 13.0 Å². The molecular formula is C24H25N7O2. The summed E-state index contributed by atoms with van der Waals surface area (Å²) in [6.07, 6.45) is 5.45. The van der Waals surface area contributed by atoms with Gasteiger partial charge in [-0.3, -0.25) is 19.6 Å². The highest BCUT2D eigenvalue weighted by molar-refractivity contribution is 5.93. The normalized spacial score (nSPS) is 10.9. The van der Waals surface area contributed by atoms with E-state index in [0.717, 1.165) is 22.4 Å². The topological polar surface area (TPSA) is 134 Å². The first-order valence-corrected chi connectivity index (χ1v) is 10.4. The molecule has 0 aliphatic heterocycles. The van der Waals surface area contributed by atoms with E-state index in [0.29, 0.717) is 23.5 Å². The molecule has 0 aliphatic carbocycles. The average molecular weight is 444 g/mol. The monoisotopic (exact) mass is 443 g/mol. The number of carbonyl (C=O) groups excluding carboxylic acids is 2. The van der Waals surface area contributed by atoms with Gasteiger partial charge in [0.1, 0.15) is 5.69 Å². The summed E-state index contributed by atoms with van der Waals surface area (Å²) in [5.41, 5.74) is 3.84. The molecule has 3 heterocycles. The summed E-state index contributed by atoms with van der Waals surface area (Å²) < 4.78 is 0. The lowest BCUT2D eigenvalue weighted by Crippen LogP contribution is -2.19. The van der Waals surface area contributed by atoms with Crippen molar-refractivity contribution in [2.75, 3.05) is 12.4 Å². The van der Waals surface area contributed by atoms with Gasteiger partial charge < -0.3 is 10.6 Å². The Kier molecular flexibility index (Phi) is 7.08. The Morgan fingerprint density at radius 3 is 2.64 bits per heavy atom. The van der Waals surface area contributed by atoms with Gasteiger partial charge in [-0.25, -0.2) is 0 Å². The van der Waals surface area contributed by atoms with Crippen LogP contribution in [-0.4, -0.2) is 39.0 Å². The number of anilines is 1. The molecule has 0 fully saturated rings. The van der Waals surface area contributed by atoms with Crippen LogP contribution in [0.15, 0.2) is 42.9 Å². The number of amides is 2. The average Bonchev–Trinajstić information content (AvgIpc) is 2.83. The molecule has 0 atom stereocenters. The van der Waals surface area contributed by atoms with Crippen molar-refractivity contribution in [3.63, 3.8) is 0 Å². The fourth-order valence-electron chi connectivity index (χ4n) is 3.08. The van der Waals surface area contributed by atoms with E-state index in [4.69, 9.17) is 5.26 Å². The molecule has 0 unspecified atom stereocenters. The zero-order valence-electron chi connectivity index (χ0n) is 19.0. The maximum absolute atomic E-state index is 12.3. The van der Waals surface area contributed by atoms with Crippen LogP contribution in [0.2, 0.25) is 0 Å². The van der Waals surface area contributed by atoms with Gasteiger partial charge in [0, 0.05) is 36.5 Å². The predicted octanol–water partition coefficient (Wildman–Crippen LogP) is 3.54. The van der Waals surface area contributed by atoms with Crippen molar-refractivity contribution >= 4 is 17.5 Å². The summed E-state index contributed by atoms with van der Waals surface area (Å²) in [7, 11) is 1.55. The Morgan fingerprint density at radius 2 is 1.91 bits per heavy atom. The molecule has 0 spiro atoms. The lowest BCUT2D eigenvalue weighted by atomic mass is 9.90. The molecule has 9 heteroatoms. The number of nitriles is 1. The van der Waals surface area contributed by atoms with E-state index in [9.17, 15) is 9.59 Å². The van der Waals surface area contributed by atoms with Crippen LogP contribution in [-0.2, 0) is 4.79 Å². The molecule has 3 rings (SSSR count). The van der Waals surface area contributed by atoms with Crippen LogP contribution >= 0.6 is 0 Å². The van der Waals surface area contributed by atoms with Crippen LogP contribution in [0.5, 0.6) is 0 Å². The van der Waals surface area contributed by atoms with Crippen molar-refractivity contribution in [3.8, 4) is 28.5 Å². The lowest BCUT2D eigenvalue weighted by Gasteiger charge is -2.14. The second kappa shape index (κ2) is 9.96. The molecule has 33 heavy (non-hydrogen) atoms. The van der Waals surface area contributed by atoms with E-state index in [-0.39, 0.29) is 18.2 Å². The van der Waals surface area contributed by atoms with Gasteiger partial charge in [0.2, 0.25) is 5.91 Å². The lowest BCUT2D eigenvalue weighted by molar-refractivity contribution is -0.116. The number of pyridine rings is 2. The Balaban J connectivity index is 1.85. The zero-order valence-corrected chi connectivity index (χ0v) is 19.0. The molecule has 0 bridgehead atoms. The summed E-state index contributed by atoms with van der Waals surface area (Å²) in [5.74, 6) is -0.464. The van der Waals surface area contributed by atoms with Crippen molar-refractivity contribution in [3.05, 3.63) is 54.2 Å². The Bertz CT molecular complexity index is 1230. The second-order valence-corrected chi connectivity index (χ2v) is 8.24. The minimum Gasteiger partial charge on any atom is -0.354 e. The third kappa shape index (κ3) is 5.95. The van der Waals surface area contributed by atoms with Gasteiger partial charge in [-0.2, -0.15) is 15.5 Å². The molecule has 9 nitrogen and oxygen atoms in total. The van der Waals surface area contributed by atoms with Crippen molar-refractivity contribution in [1.82, 2.24) is 25.5 Å². The highest BCUT2D eigenvalue weighted by Gasteiger charge is 2.18. The smallest absolute Gasteiger partial charge is 0.269 e. The molecule has 0 aromatic carbocycles. The molecule has 0 saturated heterocycles. The minimum absolute atomic E-state index is 0.187. The number of aryl methyl sites for hydroxylation is 1. The highest BCUT2D eigenvalue weighted by Crippen LogP contribution is 2.27. The van der Waals surface area contributed by atoms with Crippen molar-refractivity contribution < 1.29 is 9.59 Å². The van der Waals surface area contributed by atoms with E-state index < -0.39 is 5.41 Å². The first-order chi connectivity index (χ1) is 15.7. The van der Waals surface area contributed by atoms with E-state index >= 15 is 0 Å². The standard InChI is InChI=1S/C24H25N7O2/c1-15-19(11-18(13-28-15)30-22(32)5-7-24(2,3)14-25)20-10-17(12-29-31-20)16-6-8-27-21(9-16)23(33)26-4/h6,8-13H,5,7H2,1-4H3,(H,26,33)(H,30,32). The van der Waals surface area contributed by atoms with Gasteiger partial charge in [0.15, 0.2) is 0 Å². The quantitative estimate of drug-likeness (QED) is 0.570. The largest absolute Gasteiger partial charge is 0.354 e. The molecule has 2 N–H and O–H groups in total. The molecule has 168 valence electrons. The molecule has 0 aliphatic rings. The Morgan fingerprint density at radius 1 is 1.12 bits per heavy atom. The molecule has 3 aromatic heterocycles. The van der Waals surface area contributed by atoms with E-state index in [1.54, 1.807) is 57.7 Å². The van der Waals surface area contributed by atoms with Gasteiger partial charge in [0.25, 0.3) is 5.91 Å². The number of hydrogen-bond donors (Lipinski definition) is 2. The number of hydrogen-bond acceptors (Lipinski definition) is 7. The first-order valence-electron chi connectivity index (χ1n) is 10.4. The van der Waals surface area contributed by atoms with Crippen molar-refractivity contribution in [2.24, 2.45) is 5.41 Å². The van der Waals surface area contributed by atoms with E-state index in [2.05, 4.69) is 36.9 Å². The summed E-state index contributed by atoms with van der Waals surface area (Å²) in [6.45, 7) is 5.46. The van der Waals surface area contributed by atoms with Gasteiger partial charge in [0.05, 0.1) is 35.3 Å². The number of nitrogens with one attached hydrogen (secondary N) is 2. The number of nitrogens with zero attached hydrogens (tertiary/aromatic N) is 5. The van der Waals surface area contributed by atoms with Gasteiger partial charge in [-0.05, 0) is 57.0 Å².